The molecule has 0 spiro atoms. The van der Waals surface area contributed by atoms with E-state index >= 15 is 0 Å². The fourth-order valence-electron chi connectivity index (χ4n) is 8.36. The smallest absolute Gasteiger partial charge is 0.408 e. The average Bonchev–Trinajstić information content (AvgIpc) is 2.81. The standard InChI is InChI=1S/C64H61F5N4O12/c1-64(2,3)85-63(79)72-48(28-17-31-70-61(77)82-38-42-22-12-6-13-23-42)58(74)71-49(59(75)81-37-41-20-10-5-11-21-41)33-44-26-16-27-45(32-44)46-29-30-51(80-36-40-18-8-4-9-19-40)47(34-46)35-50(73-62(78)83-39-43-24-14-7-15-25-43)60(76)84-57-55(68)53(66)52(65)54(67)56(57)69/h4-16,18-27,29-30,32,34,48-50H,17,28,31,33,35-39H2,1-3H3,(H,70,77)(H,71,74)(H,72,79)(H,73,78)/t48-,49-,50-/m0/s1. The van der Waals surface area contributed by atoms with Gasteiger partial charge in [-0.1, -0.05) is 152 Å². The topological polar surface area (TPSA) is 206 Å². The molecule has 0 fully saturated rings. The number of hydrogen-bond acceptors (Lipinski definition) is 12. The number of nitrogens with one attached hydrogen (secondary N) is 4. The van der Waals surface area contributed by atoms with Gasteiger partial charge in [-0.15, -0.1) is 0 Å². The van der Waals surface area contributed by atoms with E-state index in [1.807, 2.05) is 6.07 Å². The highest BCUT2D eigenvalue weighted by Crippen LogP contribution is 2.32. The van der Waals surface area contributed by atoms with Crippen molar-refractivity contribution < 1.29 is 79.1 Å². The van der Waals surface area contributed by atoms with E-state index in [9.17, 15) is 50.7 Å². The Morgan fingerprint density at radius 2 is 0.941 bits per heavy atom. The van der Waals surface area contributed by atoms with E-state index in [-0.39, 0.29) is 63.5 Å². The average molecular weight is 1170 g/mol. The highest BCUT2D eigenvalue weighted by molar-refractivity contribution is 5.90. The molecule has 85 heavy (non-hydrogen) atoms. The van der Waals surface area contributed by atoms with Crippen LogP contribution in [0.5, 0.6) is 11.5 Å². The van der Waals surface area contributed by atoms with Gasteiger partial charge < -0.3 is 49.7 Å². The zero-order valence-electron chi connectivity index (χ0n) is 46.5. The van der Waals surface area contributed by atoms with E-state index in [0.717, 1.165) is 11.1 Å². The van der Waals surface area contributed by atoms with Crippen LogP contribution in [0.3, 0.4) is 0 Å². The molecule has 7 aromatic rings. The molecule has 0 radical (unpaired) electrons. The maximum absolute atomic E-state index is 15.0. The van der Waals surface area contributed by atoms with E-state index in [1.54, 1.807) is 178 Å². The Hall–Kier alpha value is -9.79. The first-order valence-electron chi connectivity index (χ1n) is 26.8. The number of ether oxygens (including phenoxy) is 6. The number of esters is 2. The fourth-order valence-corrected chi connectivity index (χ4v) is 8.36. The van der Waals surface area contributed by atoms with Crippen molar-refractivity contribution >= 4 is 36.1 Å². The number of alkyl carbamates (subject to hydrolysis) is 3. The molecule has 444 valence electrons. The molecule has 21 heteroatoms. The Balaban J connectivity index is 1.17. The number of carbonyl (C=O) groups is 6. The summed E-state index contributed by atoms with van der Waals surface area (Å²) in [5.74, 6) is -17.1. The van der Waals surface area contributed by atoms with Crippen molar-refractivity contribution in [3.05, 3.63) is 226 Å². The Morgan fingerprint density at radius 3 is 1.51 bits per heavy atom. The van der Waals surface area contributed by atoms with Crippen molar-refractivity contribution in [2.24, 2.45) is 0 Å². The van der Waals surface area contributed by atoms with Crippen LogP contribution in [-0.4, -0.2) is 66.4 Å². The van der Waals surface area contributed by atoms with Gasteiger partial charge in [0.1, 0.15) is 55.9 Å². The summed E-state index contributed by atoms with van der Waals surface area (Å²) in [6.45, 7) is 4.53. The Morgan fingerprint density at radius 1 is 0.459 bits per heavy atom. The molecule has 4 amide bonds. The van der Waals surface area contributed by atoms with Crippen LogP contribution in [0, 0.1) is 29.1 Å². The molecule has 7 rings (SSSR count). The van der Waals surface area contributed by atoms with Crippen LogP contribution >= 0.6 is 0 Å². The molecule has 0 unspecified atom stereocenters. The van der Waals surface area contributed by atoms with Gasteiger partial charge in [-0.25, -0.2) is 37.1 Å². The first-order valence-corrected chi connectivity index (χ1v) is 26.8. The van der Waals surface area contributed by atoms with Gasteiger partial charge in [-0.3, -0.25) is 4.79 Å². The molecule has 0 aliphatic heterocycles. The number of benzene rings is 7. The van der Waals surface area contributed by atoms with Gasteiger partial charge >= 0.3 is 30.2 Å². The zero-order valence-corrected chi connectivity index (χ0v) is 46.5. The van der Waals surface area contributed by atoms with Gasteiger partial charge in [0.05, 0.1) is 0 Å². The second kappa shape index (κ2) is 30.5. The number of rotatable bonds is 25. The minimum absolute atomic E-state index is 0.0166. The van der Waals surface area contributed by atoms with E-state index in [4.69, 9.17) is 28.4 Å². The van der Waals surface area contributed by atoms with Gasteiger partial charge in [0.25, 0.3) is 0 Å². The predicted molar refractivity (Wildman–Crippen MR) is 301 cm³/mol. The third kappa shape index (κ3) is 19.4. The zero-order chi connectivity index (χ0) is 60.9. The third-order valence-corrected chi connectivity index (χ3v) is 12.6. The molecule has 0 heterocycles. The second-order valence-electron chi connectivity index (χ2n) is 20.3. The summed E-state index contributed by atoms with van der Waals surface area (Å²) >= 11 is 0. The van der Waals surface area contributed by atoms with E-state index in [1.165, 1.54) is 0 Å². The number of halogens is 5. The Labute approximate surface area is 486 Å². The van der Waals surface area contributed by atoms with Crippen molar-refractivity contribution in [3.8, 4) is 22.6 Å². The minimum Gasteiger partial charge on any atom is -0.489 e. The van der Waals surface area contributed by atoms with Crippen molar-refractivity contribution in [1.29, 1.82) is 0 Å². The minimum atomic E-state index is -2.49. The first-order chi connectivity index (χ1) is 40.8. The quantitative estimate of drug-likeness (QED) is 0.00802. The van der Waals surface area contributed by atoms with Crippen molar-refractivity contribution in [2.75, 3.05) is 6.54 Å². The molecule has 16 nitrogen and oxygen atoms in total. The lowest BCUT2D eigenvalue weighted by Gasteiger charge is -2.25. The summed E-state index contributed by atoms with van der Waals surface area (Å²) in [5, 5.41) is 10.3. The first kappa shape index (κ1) is 62.8. The van der Waals surface area contributed by atoms with Gasteiger partial charge in [0, 0.05) is 19.4 Å². The Kier molecular flexibility index (Phi) is 22.5. The van der Waals surface area contributed by atoms with Gasteiger partial charge in [0.15, 0.2) is 0 Å². The summed E-state index contributed by atoms with van der Waals surface area (Å²) in [7, 11) is 0. The van der Waals surface area contributed by atoms with Crippen molar-refractivity contribution in [1.82, 2.24) is 21.3 Å². The highest BCUT2D eigenvalue weighted by Gasteiger charge is 2.34. The van der Waals surface area contributed by atoms with E-state index < -0.39 is 101 Å². The highest BCUT2D eigenvalue weighted by atomic mass is 19.2. The van der Waals surface area contributed by atoms with Crippen molar-refractivity contribution in [3.63, 3.8) is 0 Å². The van der Waals surface area contributed by atoms with Crippen LogP contribution in [0.2, 0.25) is 0 Å². The van der Waals surface area contributed by atoms with Crippen molar-refractivity contribution in [2.45, 2.75) is 96.6 Å². The van der Waals surface area contributed by atoms with E-state index in [0.29, 0.717) is 27.8 Å². The molecule has 0 aliphatic rings. The predicted octanol–water partition coefficient (Wildman–Crippen LogP) is 11.4. The summed E-state index contributed by atoms with van der Waals surface area (Å²) in [6, 6.07) is 42.1. The molecule has 7 aromatic carbocycles. The molecule has 3 atom stereocenters. The third-order valence-electron chi connectivity index (χ3n) is 12.6. The van der Waals surface area contributed by atoms with Crippen LogP contribution in [-0.2, 0) is 72.6 Å². The van der Waals surface area contributed by atoms with E-state index in [2.05, 4.69) is 21.3 Å². The summed E-state index contributed by atoms with van der Waals surface area (Å²) in [6.07, 6.45) is -3.46. The van der Waals surface area contributed by atoms with Gasteiger partial charge in [0.2, 0.25) is 40.7 Å². The van der Waals surface area contributed by atoms with Crippen LogP contribution in [0.1, 0.15) is 67.0 Å². The molecule has 0 aromatic heterocycles. The normalized spacial score (nSPS) is 12.1. The summed E-state index contributed by atoms with van der Waals surface area (Å²) < 4.78 is 106. The number of carbonyl (C=O) groups excluding carboxylic acids is 6. The molecule has 0 saturated heterocycles. The molecule has 0 bridgehead atoms. The maximum Gasteiger partial charge on any atom is 0.408 e. The molecular formula is C64H61F5N4O12. The maximum atomic E-state index is 15.0. The van der Waals surface area contributed by atoms with Crippen LogP contribution in [0.4, 0.5) is 36.3 Å². The van der Waals surface area contributed by atoms with Gasteiger partial charge in [-0.2, -0.15) is 8.78 Å². The number of hydrogen-bond donors (Lipinski definition) is 4. The monoisotopic (exact) mass is 1170 g/mol. The Bertz CT molecular complexity index is 3380. The lowest BCUT2D eigenvalue weighted by Crippen LogP contribution is -2.53. The van der Waals surface area contributed by atoms with Gasteiger partial charge in [-0.05, 0) is 90.3 Å². The molecular weight excluding hydrogens is 1110 g/mol. The SMILES string of the molecule is CC(C)(C)OC(=O)N[C@@H](CCCNC(=O)OCc1ccccc1)C(=O)N[C@@H](Cc1cccc(-c2ccc(OCc3ccccc3)c(C[C@H](NC(=O)OCc3ccccc3)C(=O)Oc3c(F)c(F)c(F)c(F)c3F)c2)c1)C(=O)OCc1ccccc1. The van der Waals surface area contributed by atoms with Crippen LogP contribution in [0.25, 0.3) is 11.1 Å². The molecule has 4 N–H and O–H groups in total. The summed E-state index contributed by atoms with van der Waals surface area (Å²) in [4.78, 5) is 81.5. The fraction of sp³-hybridized carbons (Fsp3) is 0.250. The molecule has 0 saturated carbocycles. The van der Waals surface area contributed by atoms with Crippen LogP contribution in [0.15, 0.2) is 164 Å². The largest absolute Gasteiger partial charge is 0.489 e. The lowest BCUT2D eigenvalue weighted by molar-refractivity contribution is -0.149. The molecule has 0 aliphatic carbocycles. The summed E-state index contributed by atoms with van der Waals surface area (Å²) in [5.41, 5.74) is 3.32. The second-order valence-corrected chi connectivity index (χ2v) is 20.3. The lowest BCUT2D eigenvalue weighted by atomic mass is 9.95. The number of amides is 4. The van der Waals surface area contributed by atoms with Crippen LogP contribution < -0.4 is 30.7 Å².